The predicted octanol–water partition coefficient (Wildman–Crippen LogP) is 2.97. The summed E-state index contributed by atoms with van der Waals surface area (Å²) in [6, 6.07) is 8.26. The van der Waals surface area contributed by atoms with Crippen molar-refractivity contribution in [2.24, 2.45) is 0 Å². The van der Waals surface area contributed by atoms with Gasteiger partial charge in [0.25, 0.3) is 0 Å². The van der Waals surface area contributed by atoms with Crippen molar-refractivity contribution in [1.29, 1.82) is 0 Å². The molecule has 3 heteroatoms. The molecule has 1 heterocycles. The topological polar surface area (TPSA) is 52.0 Å². The summed E-state index contributed by atoms with van der Waals surface area (Å²) in [5.74, 6) is 1.02. The Morgan fingerprint density at radius 3 is 3.00 bits per heavy atom. The highest BCUT2D eigenvalue weighted by atomic mass is 16.5. The molecule has 0 amide bonds. The summed E-state index contributed by atoms with van der Waals surface area (Å²) in [5.41, 5.74) is 10.3. The van der Waals surface area contributed by atoms with Gasteiger partial charge >= 0.3 is 0 Å². The van der Waals surface area contributed by atoms with Gasteiger partial charge in [0.2, 0.25) is 5.88 Å². The zero-order chi connectivity index (χ0) is 11.1. The summed E-state index contributed by atoms with van der Waals surface area (Å²) in [6.07, 6.45) is 2.44. The zero-order valence-electron chi connectivity index (χ0n) is 9.23. The van der Waals surface area contributed by atoms with E-state index in [0.29, 0.717) is 11.8 Å². The Bertz CT molecular complexity index is 530. The van der Waals surface area contributed by atoms with Crippen LogP contribution in [0.3, 0.4) is 0 Å². The molecule has 2 N–H and O–H groups in total. The van der Waals surface area contributed by atoms with E-state index in [1.165, 1.54) is 24.0 Å². The summed E-state index contributed by atoms with van der Waals surface area (Å²) in [5, 5.41) is 3.94. The van der Waals surface area contributed by atoms with Crippen LogP contribution in [0.1, 0.15) is 30.4 Å². The van der Waals surface area contributed by atoms with E-state index in [1.807, 2.05) is 0 Å². The molecule has 1 aromatic carbocycles. The number of nitrogens with zero attached hydrogens (tertiary/aromatic N) is 1. The van der Waals surface area contributed by atoms with Gasteiger partial charge in [-0.3, -0.25) is 0 Å². The van der Waals surface area contributed by atoms with Crippen molar-refractivity contribution in [2.45, 2.75) is 25.7 Å². The van der Waals surface area contributed by atoms with Crippen LogP contribution in [0.15, 0.2) is 28.8 Å². The van der Waals surface area contributed by atoms with Crippen LogP contribution in [0, 0.1) is 0 Å². The van der Waals surface area contributed by atoms with Gasteiger partial charge in [0.15, 0.2) is 0 Å². The molecular formula is C13H14N2O. The molecule has 3 nitrogen and oxygen atoms in total. The van der Waals surface area contributed by atoms with E-state index in [1.54, 1.807) is 6.07 Å². The van der Waals surface area contributed by atoms with Gasteiger partial charge < -0.3 is 10.3 Å². The van der Waals surface area contributed by atoms with Crippen LogP contribution in [0.25, 0.3) is 11.3 Å². The first kappa shape index (κ1) is 9.46. The van der Waals surface area contributed by atoms with E-state index in [4.69, 9.17) is 10.3 Å². The van der Waals surface area contributed by atoms with Crippen molar-refractivity contribution in [3.63, 3.8) is 0 Å². The van der Waals surface area contributed by atoms with Crippen LogP contribution in [-0.4, -0.2) is 5.16 Å². The molecule has 1 unspecified atom stereocenters. The second kappa shape index (κ2) is 3.37. The highest BCUT2D eigenvalue weighted by Crippen LogP contribution is 2.35. The van der Waals surface area contributed by atoms with Gasteiger partial charge in [-0.1, -0.05) is 24.2 Å². The zero-order valence-corrected chi connectivity index (χ0v) is 9.23. The maximum atomic E-state index is 5.53. The molecule has 0 aliphatic heterocycles. The largest absolute Gasteiger partial charge is 0.368 e. The van der Waals surface area contributed by atoms with Crippen LogP contribution in [-0.2, 0) is 6.42 Å². The maximum absolute atomic E-state index is 5.53. The molecule has 2 aromatic rings. The van der Waals surface area contributed by atoms with Gasteiger partial charge in [-0.05, 0) is 36.0 Å². The lowest BCUT2D eigenvalue weighted by atomic mass is 9.99. The van der Waals surface area contributed by atoms with Crippen LogP contribution in [0.4, 0.5) is 5.88 Å². The number of benzene rings is 1. The van der Waals surface area contributed by atoms with Crippen LogP contribution in [0.5, 0.6) is 0 Å². The SMILES string of the molecule is CC1CCc2ccc(-c3cc(N)on3)cc21. The fourth-order valence-corrected chi connectivity index (χ4v) is 2.39. The molecule has 1 atom stereocenters. The Labute approximate surface area is 94.2 Å². The molecular weight excluding hydrogens is 200 g/mol. The van der Waals surface area contributed by atoms with Crippen molar-refractivity contribution in [2.75, 3.05) is 5.73 Å². The first-order valence-corrected chi connectivity index (χ1v) is 5.59. The number of aryl methyl sites for hydroxylation is 1. The lowest BCUT2D eigenvalue weighted by Crippen LogP contribution is -1.88. The average Bonchev–Trinajstić information content (AvgIpc) is 2.86. The van der Waals surface area contributed by atoms with Gasteiger partial charge in [-0.15, -0.1) is 0 Å². The Hall–Kier alpha value is -1.77. The average molecular weight is 214 g/mol. The lowest BCUT2D eigenvalue weighted by Gasteiger charge is -2.05. The fourth-order valence-electron chi connectivity index (χ4n) is 2.39. The fraction of sp³-hybridized carbons (Fsp3) is 0.308. The minimum Gasteiger partial charge on any atom is -0.368 e. The third-order valence-electron chi connectivity index (χ3n) is 3.35. The van der Waals surface area contributed by atoms with Gasteiger partial charge in [0.1, 0.15) is 5.69 Å². The number of rotatable bonds is 1. The lowest BCUT2D eigenvalue weighted by molar-refractivity contribution is 0.439. The number of hydrogen-bond acceptors (Lipinski definition) is 3. The predicted molar refractivity (Wildman–Crippen MR) is 63.1 cm³/mol. The Morgan fingerprint density at radius 2 is 2.25 bits per heavy atom. The van der Waals surface area contributed by atoms with Crippen LogP contribution in [0.2, 0.25) is 0 Å². The standard InChI is InChI=1S/C13H14N2O/c1-8-2-3-9-4-5-10(6-11(8)9)12-7-13(14)16-15-12/h4-8H,2-3,14H2,1H3. The quantitative estimate of drug-likeness (QED) is 0.794. The van der Waals surface area contributed by atoms with E-state index in [9.17, 15) is 0 Å². The molecule has 0 spiro atoms. The van der Waals surface area contributed by atoms with E-state index in [2.05, 4.69) is 30.3 Å². The van der Waals surface area contributed by atoms with Crippen molar-refractivity contribution < 1.29 is 4.52 Å². The molecule has 0 saturated heterocycles. The van der Waals surface area contributed by atoms with Crippen molar-refractivity contribution >= 4 is 5.88 Å². The molecule has 1 aliphatic carbocycles. The number of fused-ring (bicyclic) bond motifs is 1. The third kappa shape index (κ3) is 1.40. The number of hydrogen-bond donors (Lipinski definition) is 1. The number of nitrogen functional groups attached to an aromatic ring is 1. The Kier molecular flexibility index (Phi) is 1.99. The summed E-state index contributed by atoms with van der Waals surface area (Å²) in [7, 11) is 0. The molecule has 82 valence electrons. The highest BCUT2D eigenvalue weighted by Gasteiger charge is 2.19. The third-order valence-corrected chi connectivity index (χ3v) is 3.35. The first-order valence-electron chi connectivity index (χ1n) is 5.59. The van der Waals surface area contributed by atoms with Crippen molar-refractivity contribution in [1.82, 2.24) is 5.16 Å². The number of nitrogens with two attached hydrogens (primary N) is 1. The maximum Gasteiger partial charge on any atom is 0.222 e. The van der Waals surface area contributed by atoms with E-state index in [0.717, 1.165) is 11.3 Å². The normalized spacial score (nSPS) is 18.7. The second-order valence-corrected chi connectivity index (χ2v) is 4.47. The Morgan fingerprint density at radius 1 is 1.38 bits per heavy atom. The van der Waals surface area contributed by atoms with Crippen molar-refractivity contribution in [3.05, 3.63) is 35.4 Å². The summed E-state index contributed by atoms with van der Waals surface area (Å²) in [4.78, 5) is 0. The number of aromatic nitrogens is 1. The molecule has 0 saturated carbocycles. The molecule has 0 fully saturated rings. The molecule has 1 aromatic heterocycles. The molecule has 1 aliphatic rings. The van der Waals surface area contributed by atoms with Crippen molar-refractivity contribution in [3.8, 4) is 11.3 Å². The van der Waals surface area contributed by atoms with Gasteiger partial charge in [-0.2, -0.15) is 0 Å². The molecule has 16 heavy (non-hydrogen) atoms. The van der Waals surface area contributed by atoms with Gasteiger partial charge in [0.05, 0.1) is 0 Å². The van der Waals surface area contributed by atoms with E-state index < -0.39 is 0 Å². The second-order valence-electron chi connectivity index (χ2n) is 4.47. The molecule has 3 rings (SSSR count). The monoisotopic (exact) mass is 214 g/mol. The Balaban J connectivity index is 2.07. The highest BCUT2D eigenvalue weighted by molar-refractivity contribution is 5.63. The molecule has 0 bridgehead atoms. The van der Waals surface area contributed by atoms with E-state index in [-0.39, 0.29) is 0 Å². The number of anilines is 1. The van der Waals surface area contributed by atoms with Crippen LogP contribution >= 0.6 is 0 Å². The van der Waals surface area contributed by atoms with Crippen LogP contribution < -0.4 is 5.73 Å². The minimum atomic E-state index is 0.364. The van der Waals surface area contributed by atoms with E-state index >= 15 is 0 Å². The first-order chi connectivity index (χ1) is 7.74. The summed E-state index contributed by atoms with van der Waals surface area (Å²) < 4.78 is 4.89. The summed E-state index contributed by atoms with van der Waals surface area (Å²) in [6.45, 7) is 2.27. The molecule has 0 radical (unpaired) electrons. The summed E-state index contributed by atoms with van der Waals surface area (Å²) >= 11 is 0. The minimum absolute atomic E-state index is 0.364. The smallest absolute Gasteiger partial charge is 0.222 e. The van der Waals surface area contributed by atoms with Gasteiger partial charge in [0, 0.05) is 11.6 Å². The van der Waals surface area contributed by atoms with Gasteiger partial charge in [-0.25, -0.2) is 0 Å².